The molecule has 170 valence electrons. The van der Waals surface area contributed by atoms with Crippen molar-refractivity contribution in [2.24, 2.45) is 11.1 Å². The summed E-state index contributed by atoms with van der Waals surface area (Å²) in [7, 11) is 0. The molecule has 1 amide bonds. The van der Waals surface area contributed by atoms with E-state index in [1.165, 1.54) is 6.92 Å². The van der Waals surface area contributed by atoms with Crippen molar-refractivity contribution in [2.75, 3.05) is 47.4 Å². The molecule has 0 bridgehead atoms. The van der Waals surface area contributed by atoms with Crippen LogP contribution in [0.15, 0.2) is 24.4 Å². The van der Waals surface area contributed by atoms with Crippen LogP contribution < -0.4 is 20.4 Å². The lowest BCUT2D eigenvalue weighted by molar-refractivity contribution is -0.116. The van der Waals surface area contributed by atoms with Gasteiger partial charge in [0, 0.05) is 33.1 Å². The molecule has 0 atom stereocenters. The summed E-state index contributed by atoms with van der Waals surface area (Å²) < 4.78 is 0. The molecule has 10 heteroatoms. The van der Waals surface area contributed by atoms with E-state index in [0.29, 0.717) is 47.9 Å². The van der Waals surface area contributed by atoms with Gasteiger partial charge in [0.2, 0.25) is 5.91 Å². The zero-order chi connectivity index (χ0) is 23.2. The minimum Gasteiger partial charge on any atom is -0.355 e. The lowest BCUT2D eigenvalue weighted by Gasteiger charge is -2.39. The second-order valence-corrected chi connectivity index (χ2v) is 9.11. The fourth-order valence-electron chi connectivity index (χ4n) is 4.63. The van der Waals surface area contributed by atoms with Gasteiger partial charge < -0.3 is 20.4 Å². The van der Waals surface area contributed by atoms with E-state index in [1.807, 2.05) is 11.0 Å². The fourth-order valence-corrected chi connectivity index (χ4v) is 4.63. The zero-order valence-electron chi connectivity index (χ0n) is 18.9. The first-order chi connectivity index (χ1) is 15.9. The molecule has 0 aliphatic carbocycles. The summed E-state index contributed by atoms with van der Waals surface area (Å²) in [6, 6.07) is 7.50. The Morgan fingerprint density at radius 1 is 1.24 bits per heavy atom. The third-order valence-corrected chi connectivity index (χ3v) is 6.90. The van der Waals surface area contributed by atoms with Gasteiger partial charge >= 0.3 is 0 Å². The Morgan fingerprint density at radius 2 is 2.03 bits per heavy atom. The first kappa shape index (κ1) is 21.2. The monoisotopic (exact) mass is 445 g/mol. The van der Waals surface area contributed by atoms with Crippen LogP contribution in [0.2, 0.25) is 0 Å². The number of carbonyl (C=O) groups is 1. The summed E-state index contributed by atoms with van der Waals surface area (Å²) in [5.74, 6) is 1.43. The number of piperidine rings is 1. The molecule has 1 saturated heterocycles. The third kappa shape index (κ3) is 3.64. The lowest BCUT2D eigenvalue weighted by atomic mass is 9.80. The van der Waals surface area contributed by atoms with Gasteiger partial charge in [0.25, 0.3) is 0 Å². The van der Waals surface area contributed by atoms with Crippen LogP contribution in [-0.2, 0) is 4.79 Å². The Balaban J connectivity index is 1.47. The van der Waals surface area contributed by atoms with Crippen LogP contribution in [0.4, 0.5) is 23.0 Å². The Kier molecular flexibility index (Phi) is 5.13. The molecule has 2 aromatic heterocycles. The quantitative estimate of drug-likeness (QED) is 0.628. The van der Waals surface area contributed by atoms with Gasteiger partial charge in [-0.3, -0.25) is 9.89 Å². The van der Waals surface area contributed by atoms with E-state index in [4.69, 9.17) is 15.7 Å². The fraction of sp³-hybridized carbons (Fsp3) is 0.435. The largest absolute Gasteiger partial charge is 0.355 e. The number of carbonyl (C=O) groups excluding carboxylic acids is 1. The second kappa shape index (κ2) is 8.01. The van der Waals surface area contributed by atoms with Crippen LogP contribution in [0.5, 0.6) is 0 Å². The number of aromatic nitrogens is 4. The number of fused-ring (bicyclic) bond motifs is 2. The molecule has 0 spiro atoms. The van der Waals surface area contributed by atoms with Crippen molar-refractivity contribution >= 4 is 40.1 Å². The molecular weight excluding hydrogens is 418 g/mol. The molecule has 1 fully saturated rings. The molecule has 0 saturated carbocycles. The van der Waals surface area contributed by atoms with Crippen molar-refractivity contribution < 1.29 is 4.79 Å². The van der Waals surface area contributed by atoms with E-state index >= 15 is 0 Å². The number of benzene rings is 1. The first-order valence-electron chi connectivity index (χ1n) is 11.2. The summed E-state index contributed by atoms with van der Waals surface area (Å²) in [5, 5.41) is 16.9. The summed E-state index contributed by atoms with van der Waals surface area (Å²) in [4.78, 5) is 27.6. The van der Waals surface area contributed by atoms with E-state index in [-0.39, 0.29) is 11.3 Å². The molecule has 0 radical (unpaired) electrons. The lowest BCUT2D eigenvalue weighted by Crippen LogP contribution is -2.42. The van der Waals surface area contributed by atoms with Crippen molar-refractivity contribution in [1.29, 1.82) is 5.26 Å². The number of nitriles is 1. The SMILES string of the molecule is CC(=O)N1CCN(c2n[nH]c3nc(N4CCC(C)(CN)CC4)cnc23)c2ccc(C#N)cc21. The Morgan fingerprint density at radius 3 is 2.73 bits per heavy atom. The molecule has 0 unspecified atom stereocenters. The maximum atomic E-state index is 12.2. The Bertz CT molecular complexity index is 1250. The van der Waals surface area contributed by atoms with Crippen molar-refractivity contribution in [1.82, 2.24) is 20.2 Å². The molecule has 3 N–H and O–H groups in total. The number of hydrogen-bond acceptors (Lipinski definition) is 8. The average molecular weight is 446 g/mol. The summed E-state index contributed by atoms with van der Waals surface area (Å²) >= 11 is 0. The van der Waals surface area contributed by atoms with Gasteiger partial charge in [-0.15, -0.1) is 0 Å². The van der Waals surface area contributed by atoms with Crippen LogP contribution >= 0.6 is 0 Å². The summed E-state index contributed by atoms with van der Waals surface area (Å²) in [5.41, 5.74) is 9.45. The molecule has 1 aromatic carbocycles. The van der Waals surface area contributed by atoms with Crippen LogP contribution in [0, 0.1) is 16.7 Å². The highest BCUT2D eigenvalue weighted by atomic mass is 16.2. The topological polar surface area (TPSA) is 131 Å². The van der Waals surface area contributed by atoms with Crippen molar-refractivity contribution in [3.05, 3.63) is 30.0 Å². The average Bonchev–Trinajstić information content (AvgIpc) is 3.26. The number of hydrogen-bond donors (Lipinski definition) is 2. The first-order valence-corrected chi connectivity index (χ1v) is 11.2. The normalized spacial score (nSPS) is 17.7. The standard InChI is InChI=1S/C23H27N9O/c1-15(33)31-9-10-32(17-4-3-16(12-24)11-18(17)31)22-20-21(28-29-22)27-19(13-26-20)30-7-5-23(2,14-25)6-8-30/h3-4,11,13H,5-10,14,25H2,1-2H3,(H,27,28,29). The van der Waals surface area contributed by atoms with E-state index in [0.717, 1.165) is 37.4 Å². The predicted octanol–water partition coefficient (Wildman–Crippen LogP) is 2.29. The van der Waals surface area contributed by atoms with Gasteiger partial charge in [-0.25, -0.2) is 9.97 Å². The van der Waals surface area contributed by atoms with Gasteiger partial charge in [-0.1, -0.05) is 6.92 Å². The van der Waals surface area contributed by atoms with Gasteiger partial charge in [0.05, 0.1) is 29.2 Å². The maximum Gasteiger partial charge on any atom is 0.223 e. The Labute approximate surface area is 192 Å². The predicted molar refractivity (Wildman–Crippen MR) is 126 cm³/mol. The molecule has 5 rings (SSSR count). The van der Waals surface area contributed by atoms with Crippen LogP contribution in [0.25, 0.3) is 11.2 Å². The molecule has 4 heterocycles. The Hall–Kier alpha value is -3.71. The van der Waals surface area contributed by atoms with Gasteiger partial charge in [-0.2, -0.15) is 10.4 Å². The van der Waals surface area contributed by atoms with E-state index in [1.54, 1.807) is 23.2 Å². The minimum absolute atomic E-state index is 0.0606. The van der Waals surface area contributed by atoms with Crippen LogP contribution in [-0.4, -0.2) is 58.8 Å². The number of aromatic amines is 1. The molecule has 33 heavy (non-hydrogen) atoms. The highest BCUT2D eigenvalue weighted by molar-refractivity contribution is 5.99. The number of nitrogens with zero attached hydrogens (tertiary/aromatic N) is 7. The molecular formula is C23H27N9O. The van der Waals surface area contributed by atoms with Crippen LogP contribution in [0.1, 0.15) is 32.3 Å². The summed E-state index contributed by atoms with van der Waals surface area (Å²) in [6.45, 7) is 7.32. The van der Waals surface area contributed by atoms with E-state index in [9.17, 15) is 10.1 Å². The minimum atomic E-state index is -0.0606. The van der Waals surface area contributed by atoms with Gasteiger partial charge in [0.1, 0.15) is 5.82 Å². The summed E-state index contributed by atoms with van der Waals surface area (Å²) in [6.07, 6.45) is 3.86. The molecule has 3 aromatic rings. The van der Waals surface area contributed by atoms with E-state index in [2.05, 4.69) is 28.1 Å². The maximum absolute atomic E-state index is 12.2. The van der Waals surface area contributed by atoms with Gasteiger partial charge in [-0.05, 0) is 43.0 Å². The number of nitrogens with two attached hydrogens (primary N) is 1. The second-order valence-electron chi connectivity index (χ2n) is 9.11. The van der Waals surface area contributed by atoms with Crippen molar-refractivity contribution in [3.8, 4) is 6.07 Å². The molecule has 10 nitrogen and oxygen atoms in total. The van der Waals surface area contributed by atoms with Gasteiger partial charge in [0.15, 0.2) is 17.0 Å². The number of H-pyrrole nitrogens is 1. The van der Waals surface area contributed by atoms with Crippen molar-refractivity contribution in [2.45, 2.75) is 26.7 Å². The van der Waals surface area contributed by atoms with Crippen molar-refractivity contribution in [3.63, 3.8) is 0 Å². The zero-order valence-corrected chi connectivity index (χ0v) is 18.9. The number of anilines is 4. The molecule has 2 aliphatic heterocycles. The molecule has 2 aliphatic rings. The van der Waals surface area contributed by atoms with Crippen LogP contribution in [0.3, 0.4) is 0 Å². The number of nitrogens with one attached hydrogen (secondary N) is 1. The number of amides is 1. The number of rotatable bonds is 3. The highest BCUT2D eigenvalue weighted by Gasteiger charge is 2.31. The van der Waals surface area contributed by atoms with E-state index < -0.39 is 0 Å². The highest BCUT2D eigenvalue weighted by Crippen LogP contribution is 2.39. The smallest absolute Gasteiger partial charge is 0.223 e. The third-order valence-electron chi connectivity index (χ3n) is 6.90.